The van der Waals surface area contributed by atoms with Crippen molar-refractivity contribution < 1.29 is 17.9 Å². The van der Waals surface area contributed by atoms with Crippen molar-refractivity contribution in [3.8, 4) is 0 Å². The van der Waals surface area contributed by atoms with Crippen molar-refractivity contribution in [2.24, 2.45) is 0 Å². The molecule has 1 amide bonds. The molecule has 138 valence electrons. The summed E-state index contributed by atoms with van der Waals surface area (Å²) in [6.07, 6.45) is 1.27. The van der Waals surface area contributed by atoms with E-state index in [1.807, 2.05) is 13.8 Å². The first-order valence-corrected chi connectivity index (χ1v) is 9.78. The highest BCUT2D eigenvalue weighted by Gasteiger charge is 2.32. The van der Waals surface area contributed by atoms with Gasteiger partial charge < -0.3 is 10.1 Å². The smallest absolute Gasteiger partial charge is 0.256 e. The average Bonchev–Trinajstić information content (AvgIpc) is 2.62. The number of pyridine rings is 1. The molecule has 0 saturated carbocycles. The number of morpholine rings is 1. The average molecular weight is 375 g/mol. The molecule has 0 aliphatic carbocycles. The summed E-state index contributed by atoms with van der Waals surface area (Å²) in [7, 11) is -3.62. The van der Waals surface area contributed by atoms with Crippen molar-refractivity contribution in [3.63, 3.8) is 0 Å². The Morgan fingerprint density at radius 3 is 2.35 bits per heavy atom. The minimum atomic E-state index is -3.62. The van der Waals surface area contributed by atoms with Crippen molar-refractivity contribution >= 4 is 21.7 Å². The Hall–Kier alpha value is -2.29. The van der Waals surface area contributed by atoms with Crippen LogP contribution in [0.3, 0.4) is 0 Å². The number of carbonyl (C=O) groups excluding carboxylic acids is 1. The van der Waals surface area contributed by atoms with E-state index in [1.54, 1.807) is 24.4 Å². The van der Waals surface area contributed by atoms with Gasteiger partial charge in [0.2, 0.25) is 10.0 Å². The summed E-state index contributed by atoms with van der Waals surface area (Å²) in [6.45, 7) is 4.33. The number of nitrogens with one attached hydrogen (secondary N) is 1. The SMILES string of the molecule is C[C@H]1CN(S(=O)(=O)c2ccc(C(=O)Nc3ccccn3)cc2)C[C@H](C)O1. The van der Waals surface area contributed by atoms with E-state index in [4.69, 9.17) is 4.74 Å². The van der Waals surface area contributed by atoms with E-state index in [0.29, 0.717) is 24.5 Å². The molecule has 1 aliphatic rings. The standard InChI is InChI=1S/C18H21N3O4S/c1-13-11-21(12-14(2)25-13)26(23,24)16-8-6-15(7-9-16)18(22)20-17-5-3-4-10-19-17/h3-10,13-14H,11-12H2,1-2H3,(H,19,20,22)/t13-,14-/m0/s1. The molecule has 1 aliphatic heterocycles. The summed E-state index contributed by atoms with van der Waals surface area (Å²) in [5.74, 6) is 0.0896. The number of hydrogen-bond acceptors (Lipinski definition) is 5. The quantitative estimate of drug-likeness (QED) is 0.884. The number of aromatic nitrogens is 1. The lowest BCUT2D eigenvalue weighted by molar-refractivity contribution is -0.0440. The molecule has 0 unspecified atom stereocenters. The second-order valence-corrected chi connectivity index (χ2v) is 8.21. The van der Waals surface area contributed by atoms with Crippen LogP contribution in [0.1, 0.15) is 24.2 Å². The second-order valence-electron chi connectivity index (χ2n) is 6.27. The Morgan fingerprint density at radius 1 is 1.12 bits per heavy atom. The number of ether oxygens (including phenoxy) is 1. The van der Waals surface area contributed by atoms with Crippen molar-refractivity contribution in [2.45, 2.75) is 31.0 Å². The van der Waals surface area contributed by atoms with Gasteiger partial charge in [0.25, 0.3) is 5.91 Å². The lowest BCUT2D eigenvalue weighted by Gasteiger charge is -2.34. The Bertz CT molecular complexity index is 859. The van der Waals surface area contributed by atoms with Gasteiger partial charge in [-0.15, -0.1) is 0 Å². The fourth-order valence-corrected chi connectivity index (χ4v) is 4.47. The molecule has 2 aromatic rings. The van der Waals surface area contributed by atoms with Gasteiger partial charge in [-0.3, -0.25) is 4.79 Å². The van der Waals surface area contributed by atoms with E-state index >= 15 is 0 Å². The van der Waals surface area contributed by atoms with Crippen molar-refractivity contribution in [1.29, 1.82) is 0 Å². The number of carbonyl (C=O) groups is 1. The topological polar surface area (TPSA) is 88.6 Å². The van der Waals surface area contributed by atoms with Crippen LogP contribution in [0.25, 0.3) is 0 Å². The summed E-state index contributed by atoms with van der Waals surface area (Å²) in [5, 5.41) is 2.66. The molecule has 0 bridgehead atoms. The van der Waals surface area contributed by atoms with Crippen LogP contribution >= 0.6 is 0 Å². The summed E-state index contributed by atoms with van der Waals surface area (Å²) in [6, 6.07) is 11.1. The van der Waals surface area contributed by atoms with Crippen LogP contribution in [0.15, 0.2) is 53.6 Å². The van der Waals surface area contributed by atoms with Gasteiger partial charge in [0.05, 0.1) is 17.1 Å². The van der Waals surface area contributed by atoms with E-state index < -0.39 is 10.0 Å². The zero-order valence-electron chi connectivity index (χ0n) is 14.6. The van der Waals surface area contributed by atoms with Crippen molar-refractivity contribution in [3.05, 3.63) is 54.2 Å². The summed E-state index contributed by atoms with van der Waals surface area (Å²) < 4.78 is 32.6. The maximum Gasteiger partial charge on any atom is 0.256 e. The first-order valence-electron chi connectivity index (χ1n) is 8.34. The van der Waals surface area contributed by atoms with E-state index in [2.05, 4.69) is 10.3 Å². The number of amides is 1. The molecule has 2 atom stereocenters. The van der Waals surface area contributed by atoms with Crippen LogP contribution in [0.4, 0.5) is 5.82 Å². The van der Waals surface area contributed by atoms with Crippen LogP contribution < -0.4 is 5.32 Å². The first kappa shape index (κ1) is 18.5. The predicted octanol–water partition coefficient (Wildman–Crippen LogP) is 2.13. The van der Waals surface area contributed by atoms with Gasteiger partial charge in [0, 0.05) is 24.8 Å². The van der Waals surface area contributed by atoms with Gasteiger partial charge in [-0.2, -0.15) is 4.31 Å². The predicted molar refractivity (Wildman–Crippen MR) is 97.4 cm³/mol. The molecule has 8 heteroatoms. The Balaban J connectivity index is 1.75. The molecular formula is C18H21N3O4S. The third-order valence-electron chi connectivity index (χ3n) is 4.05. The summed E-state index contributed by atoms with van der Waals surface area (Å²) in [4.78, 5) is 16.4. The number of sulfonamides is 1. The maximum absolute atomic E-state index is 12.8. The Morgan fingerprint density at radius 2 is 1.77 bits per heavy atom. The molecule has 1 fully saturated rings. The maximum atomic E-state index is 12.8. The van der Waals surface area contributed by atoms with Crippen molar-refractivity contribution in [1.82, 2.24) is 9.29 Å². The molecule has 26 heavy (non-hydrogen) atoms. The molecule has 1 N–H and O–H groups in total. The van der Waals surface area contributed by atoms with E-state index in [1.165, 1.54) is 28.6 Å². The molecule has 1 aromatic heterocycles. The zero-order valence-corrected chi connectivity index (χ0v) is 15.4. The van der Waals surface area contributed by atoms with Crippen LogP contribution in [0.2, 0.25) is 0 Å². The molecule has 1 saturated heterocycles. The number of nitrogens with zero attached hydrogens (tertiary/aromatic N) is 2. The van der Waals surface area contributed by atoms with Crippen LogP contribution in [-0.4, -0.2) is 48.9 Å². The van der Waals surface area contributed by atoms with Gasteiger partial charge in [-0.05, 0) is 50.2 Å². The molecule has 3 rings (SSSR count). The highest BCUT2D eigenvalue weighted by Crippen LogP contribution is 2.21. The second kappa shape index (κ2) is 7.53. The minimum absolute atomic E-state index is 0.156. The highest BCUT2D eigenvalue weighted by molar-refractivity contribution is 7.89. The normalized spacial score (nSPS) is 21.3. The Kier molecular flexibility index (Phi) is 5.36. The molecule has 0 spiro atoms. The monoisotopic (exact) mass is 375 g/mol. The van der Waals surface area contributed by atoms with Gasteiger partial charge in [0.15, 0.2) is 0 Å². The van der Waals surface area contributed by atoms with Gasteiger partial charge >= 0.3 is 0 Å². The van der Waals surface area contributed by atoms with E-state index in [-0.39, 0.29) is 23.0 Å². The van der Waals surface area contributed by atoms with Crippen LogP contribution in [0, 0.1) is 0 Å². The molecule has 2 heterocycles. The van der Waals surface area contributed by atoms with E-state index in [9.17, 15) is 13.2 Å². The third kappa shape index (κ3) is 4.09. The minimum Gasteiger partial charge on any atom is -0.373 e. The first-order chi connectivity index (χ1) is 12.4. The van der Waals surface area contributed by atoms with Crippen LogP contribution in [0.5, 0.6) is 0 Å². The highest BCUT2D eigenvalue weighted by atomic mass is 32.2. The fourth-order valence-electron chi connectivity index (χ4n) is 2.88. The third-order valence-corrected chi connectivity index (χ3v) is 5.89. The zero-order chi connectivity index (χ0) is 18.7. The summed E-state index contributed by atoms with van der Waals surface area (Å²) >= 11 is 0. The lowest BCUT2D eigenvalue weighted by atomic mass is 10.2. The molecular weight excluding hydrogens is 354 g/mol. The lowest BCUT2D eigenvalue weighted by Crippen LogP contribution is -2.48. The van der Waals surface area contributed by atoms with Gasteiger partial charge in [-0.25, -0.2) is 13.4 Å². The molecule has 1 aromatic carbocycles. The molecule has 0 radical (unpaired) electrons. The van der Waals surface area contributed by atoms with E-state index in [0.717, 1.165) is 0 Å². The fraction of sp³-hybridized carbons (Fsp3) is 0.333. The molecule has 7 nitrogen and oxygen atoms in total. The number of rotatable bonds is 4. The number of anilines is 1. The number of benzene rings is 1. The van der Waals surface area contributed by atoms with Gasteiger partial charge in [0.1, 0.15) is 5.82 Å². The van der Waals surface area contributed by atoms with Crippen LogP contribution in [-0.2, 0) is 14.8 Å². The Labute approximate surface area is 153 Å². The summed E-state index contributed by atoms with van der Waals surface area (Å²) in [5.41, 5.74) is 0.360. The van der Waals surface area contributed by atoms with Crippen molar-refractivity contribution in [2.75, 3.05) is 18.4 Å². The largest absolute Gasteiger partial charge is 0.373 e. The van der Waals surface area contributed by atoms with Gasteiger partial charge in [-0.1, -0.05) is 6.07 Å². The number of hydrogen-bond donors (Lipinski definition) is 1.